The molecule has 0 spiro atoms. The summed E-state index contributed by atoms with van der Waals surface area (Å²) in [7, 11) is -4.01. The van der Waals surface area contributed by atoms with Crippen LogP contribution in [-0.4, -0.2) is 32.3 Å². The standard InChI is InChI=1S/C12H15NO6S/c1-7(2)10(12(14)15)13-20(16,17)9-5-3-4-8-11(9)19-6-18-8/h3-5,7,10,13H,6H2,1-2H3,(H,14,15)/t10-/m1/s1. The third kappa shape index (κ3) is 2.70. The quantitative estimate of drug-likeness (QED) is 0.834. The van der Waals surface area contributed by atoms with Crippen molar-refractivity contribution in [1.29, 1.82) is 0 Å². The van der Waals surface area contributed by atoms with Crippen molar-refractivity contribution in [3.8, 4) is 11.5 Å². The lowest BCUT2D eigenvalue weighted by atomic mass is 10.1. The smallest absolute Gasteiger partial charge is 0.322 e. The predicted octanol–water partition coefficient (Wildman–Crippen LogP) is 0.803. The summed E-state index contributed by atoms with van der Waals surface area (Å²) in [5, 5.41) is 9.06. The number of carboxylic acids is 1. The molecule has 0 unspecified atom stereocenters. The number of aliphatic carboxylic acids is 1. The molecule has 20 heavy (non-hydrogen) atoms. The van der Waals surface area contributed by atoms with Gasteiger partial charge in [0.25, 0.3) is 0 Å². The van der Waals surface area contributed by atoms with Crippen molar-refractivity contribution in [1.82, 2.24) is 4.72 Å². The first-order valence-corrected chi connectivity index (χ1v) is 7.45. The van der Waals surface area contributed by atoms with Crippen LogP contribution in [0.25, 0.3) is 0 Å². The van der Waals surface area contributed by atoms with Gasteiger partial charge in [-0.25, -0.2) is 8.42 Å². The van der Waals surface area contributed by atoms with Gasteiger partial charge < -0.3 is 14.6 Å². The van der Waals surface area contributed by atoms with Crippen LogP contribution in [0.5, 0.6) is 11.5 Å². The number of hydrogen-bond acceptors (Lipinski definition) is 5. The predicted molar refractivity (Wildman–Crippen MR) is 69.1 cm³/mol. The Kier molecular flexibility index (Phi) is 3.87. The summed E-state index contributed by atoms with van der Waals surface area (Å²) < 4.78 is 37.0. The summed E-state index contributed by atoms with van der Waals surface area (Å²) in [6.45, 7) is 3.18. The molecule has 0 aliphatic carbocycles. The molecule has 1 aliphatic rings. The molecule has 2 rings (SSSR count). The van der Waals surface area contributed by atoms with Crippen LogP contribution in [0.3, 0.4) is 0 Å². The third-order valence-corrected chi connectivity index (χ3v) is 4.33. The molecule has 1 aliphatic heterocycles. The summed E-state index contributed by atoms with van der Waals surface area (Å²) in [5.74, 6) is -1.19. The summed E-state index contributed by atoms with van der Waals surface area (Å²) in [6.07, 6.45) is 0. The lowest BCUT2D eigenvalue weighted by Crippen LogP contribution is -2.44. The van der Waals surface area contributed by atoms with Gasteiger partial charge in [0.1, 0.15) is 10.9 Å². The van der Waals surface area contributed by atoms with E-state index < -0.39 is 28.0 Å². The van der Waals surface area contributed by atoms with E-state index in [1.165, 1.54) is 12.1 Å². The average Bonchev–Trinajstić information content (AvgIpc) is 2.83. The number of sulfonamides is 1. The molecule has 2 N–H and O–H groups in total. The maximum atomic E-state index is 12.3. The first-order chi connectivity index (χ1) is 9.33. The molecule has 1 aromatic carbocycles. The molecule has 0 amide bonds. The molecule has 110 valence electrons. The fourth-order valence-electron chi connectivity index (χ4n) is 1.82. The molecule has 7 nitrogen and oxygen atoms in total. The number of rotatable bonds is 5. The number of ether oxygens (including phenoxy) is 2. The number of para-hydroxylation sites is 1. The number of carbonyl (C=O) groups is 1. The van der Waals surface area contributed by atoms with Crippen LogP contribution in [0, 0.1) is 5.92 Å². The van der Waals surface area contributed by atoms with Crippen LogP contribution in [0.15, 0.2) is 23.1 Å². The Bertz CT molecular complexity index is 625. The highest BCUT2D eigenvalue weighted by molar-refractivity contribution is 7.89. The first-order valence-electron chi connectivity index (χ1n) is 5.96. The zero-order valence-electron chi connectivity index (χ0n) is 11.0. The zero-order valence-corrected chi connectivity index (χ0v) is 11.8. The molecule has 1 atom stereocenters. The highest BCUT2D eigenvalue weighted by atomic mass is 32.2. The molecule has 1 aromatic rings. The third-order valence-electron chi connectivity index (χ3n) is 2.86. The average molecular weight is 301 g/mol. The summed E-state index contributed by atoms with van der Waals surface area (Å²) in [4.78, 5) is 11.0. The zero-order chi connectivity index (χ0) is 14.9. The van der Waals surface area contributed by atoms with Gasteiger partial charge in [-0.15, -0.1) is 0 Å². The number of fused-ring (bicyclic) bond motifs is 1. The van der Waals surface area contributed by atoms with Crippen molar-refractivity contribution >= 4 is 16.0 Å². The highest BCUT2D eigenvalue weighted by Crippen LogP contribution is 2.37. The molecule has 0 fully saturated rings. The molecular formula is C12H15NO6S. The minimum atomic E-state index is -4.01. The van der Waals surface area contributed by atoms with Gasteiger partial charge in [-0.1, -0.05) is 19.9 Å². The monoisotopic (exact) mass is 301 g/mol. The van der Waals surface area contributed by atoms with Crippen molar-refractivity contribution in [2.24, 2.45) is 5.92 Å². The number of carboxylic acid groups (broad SMARTS) is 1. The molecule has 0 saturated heterocycles. The van der Waals surface area contributed by atoms with Crippen molar-refractivity contribution in [2.75, 3.05) is 6.79 Å². The topological polar surface area (TPSA) is 102 Å². The van der Waals surface area contributed by atoms with Crippen molar-refractivity contribution in [2.45, 2.75) is 24.8 Å². The Morgan fingerprint density at radius 3 is 2.65 bits per heavy atom. The Labute approximate surface area is 116 Å². The molecule has 0 radical (unpaired) electrons. The fraction of sp³-hybridized carbons (Fsp3) is 0.417. The number of hydrogen-bond donors (Lipinski definition) is 2. The van der Waals surface area contributed by atoms with Gasteiger partial charge in [-0.05, 0) is 18.1 Å². The van der Waals surface area contributed by atoms with E-state index in [-0.39, 0.29) is 17.4 Å². The SMILES string of the molecule is CC(C)[C@@H](NS(=O)(=O)c1cccc2c1OCO2)C(=O)O. The summed E-state index contributed by atoms with van der Waals surface area (Å²) in [6, 6.07) is 3.22. The highest BCUT2D eigenvalue weighted by Gasteiger charge is 2.32. The second-order valence-electron chi connectivity index (χ2n) is 4.67. The second-order valence-corrected chi connectivity index (χ2v) is 6.35. The van der Waals surface area contributed by atoms with Crippen LogP contribution in [-0.2, 0) is 14.8 Å². The largest absolute Gasteiger partial charge is 0.480 e. The minimum Gasteiger partial charge on any atom is -0.480 e. The van der Waals surface area contributed by atoms with Crippen LogP contribution in [0.4, 0.5) is 0 Å². The lowest BCUT2D eigenvalue weighted by molar-refractivity contribution is -0.140. The van der Waals surface area contributed by atoms with Gasteiger partial charge in [0.15, 0.2) is 11.5 Å². The lowest BCUT2D eigenvalue weighted by Gasteiger charge is -2.18. The van der Waals surface area contributed by atoms with Crippen molar-refractivity contribution < 1.29 is 27.8 Å². The van der Waals surface area contributed by atoms with Gasteiger partial charge in [-0.2, -0.15) is 4.72 Å². The van der Waals surface area contributed by atoms with E-state index in [2.05, 4.69) is 4.72 Å². The Hall–Kier alpha value is -1.80. The molecule has 0 aromatic heterocycles. The normalized spacial score (nSPS) is 15.3. The van der Waals surface area contributed by atoms with E-state index >= 15 is 0 Å². The number of nitrogens with one attached hydrogen (secondary N) is 1. The van der Waals surface area contributed by atoms with E-state index in [9.17, 15) is 13.2 Å². The first kappa shape index (κ1) is 14.6. The van der Waals surface area contributed by atoms with Gasteiger partial charge >= 0.3 is 5.97 Å². The Balaban J connectivity index is 2.37. The van der Waals surface area contributed by atoms with Crippen molar-refractivity contribution in [3.63, 3.8) is 0 Å². The Morgan fingerprint density at radius 2 is 2.05 bits per heavy atom. The Morgan fingerprint density at radius 1 is 1.35 bits per heavy atom. The van der Waals surface area contributed by atoms with Gasteiger partial charge in [0, 0.05) is 0 Å². The second kappa shape index (κ2) is 5.29. The summed E-state index contributed by atoms with van der Waals surface area (Å²) >= 11 is 0. The molecule has 0 bridgehead atoms. The van der Waals surface area contributed by atoms with E-state index in [4.69, 9.17) is 14.6 Å². The van der Waals surface area contributed by atoms with E-state index in [1.54, 1.807) is 19.9 Å². The van der Waals surface area contributed by atoms with Crippen LogP contribution in [0.1, 0.15) is 13.8 Å². The minimum absolute atomic E-state index is 0.0611. The van der Waals surface area contributed by atoms with Crippen LogP contribution in [0.2, 0.25) is 0 Å². The van der Waals surface area contributed by atoms with Gasteiger partial charge in [-0.3, -0.25) is 4.79 Å². The van der Waals surface area contributed by atoms with Gasteiger partial charge in [0.05, 0.1) is 0 Å². The fourth-order valence-corrected chi connectivity index (χ4v) is 3.31. The van der Waals surface area contributed by atoms with Crippen LogP contribution < -0.4 is 14.2 Å². The molecular weight excluding hydrogens is 286 g/mol. The van der Waals surface area contributed by atoms with Gasteiger partial charge in [0.2, 0.25) is 16.8 Å². The summed E-state index contributed by atoms with van der Waals surface area (Å²) in [5.41, 5.74) is 0. The molecule has 0 saturated carbocycles. The van der Waals surface area contributed by atoms with E-state index in [0.29, 0.717) is 5.75 Å². The van der Waals surface area contributed by atoms with E-state index in [0.717, 1.165) is 0 Å². The molecule has 1 heterocycles. The maximum Gasteiger partial charge on any atom is 0.322 e. The number of benzene rings is 1. The van der Waals surface area contributed by atoms with Crippen molar-refractivity contribution in [3.05, 3.63) is 18.2 Å². The molecule has 8 heteroatoms. The van der Waals surface area contributed by atoms with Crippen LogP contribution >= 0.6 is 0 Å². The maximum absolute atomic E-state index is 12.3. The van der Waals surface area contributed by atoms with E-state index in [1.807, 2.05) is 0 Å².